The van der Waals surface area contributed by atoms with Gasteiger partial charge in [0.1, 0.15) is 18.2 Å². The molecule has 0 spiro atoms. The topological polar surface area (TPSA) is 228 Å². The molecule has 3 aromatic rings. The first kappa shape index (κ1) is 42.6. The van der Waals surface area contributed by atoms with E-state index in [1.807, 2.05) is 38.1 Å². The number of urea groups is 1. The molecule has 0 saturated carbocycles. The SMILES string of the molecule is CCC(=O)N1c2ccccc2[C@H](N(C(=O)OCc2ccc(NC(=O)[C@H](CCCNC(N)=O)NC(=O)OC(C)(C)C)cc2)c2ccc(NC(=O)CN)cc2)C[C@@H]1C. The minimum Gasteiger partial charge on any atom is -0.444 e. The highest BCUT2D eigenvalue weighted by atomic mass is 16.6. The van der Waals surface area contributed by atoms with Crippen LogP contribution in [0.25, 0.3) is 0 Å². The first-order valence-electron chi connectivity index (χ1n) is 18.5. The Hall–Kier alpha value is -6.16. The molecule has 16 heteroatoms. The van der Waals surface area contributed by atoms with Crippen LogP contribution in [-0.2, 0) is 30.5 Å². The molecule has 3 atom stereocenters. The summed E-state index contributed by atoms with van der Waals surface area (Å²) < 4.78 is 11.2. The number of amides is 7. The molecule has 1 aliphatic heterocycles. The Balaban J connectivity index is 1.51. The number of ether oxygens (including phenoxy) is 2. The van der Waals surface area contributed by atoms with Crippen molar-refractivity contribution >= 4 is 58.7 Å². The van der Waals surface area contributed by atoms with Crippen molar-refractivity contribution in [3.05, 3.63) is 83.9 Å². The first-order valence-corrected chi connectivity index (χ1v) is 18.5. The molecule has 0 aliphatic carbocycles. The van der Waals surface area contributed by atoms with E-state index in [1.165, 1.54) is 0 Å². The number of nitrogens with zero attached hydrogens (tertiary/aromatic N) is 2. The number of nitrogens with two attached hydrogens (primary N) is 2. The van der Waals surface area contributed by atoms with Crippen molar-refractivity contribution < 1.29 is 38.2 Å². The average Bonchev–Trinajstić information content (AvgIpc) is 3.15. The number of alkyl carbamates (subject to hydrolysis) is 1. The van der Waals surface area contributed by atoms with Crippen molar-refractivity contribution in [2.45, 2.75) is 90.6 Å². The van der Waals surface area contributed by atoms with Gasteiger partial charge in [0.05, 0.1) is 12.6 Å². The third-order valence-electron chi connectivity index (χ3n) is 8.81. The van der Waals surface area contributed by atoms with Crippen LogP contribution in [0.1, 0.15) is 77.5 Å². The van der Waals surface area contributed by atoms with Crippen LogP contribution in [0.4, 0.5) is 37.1 Å². The number of rotatable bonds is 14. The highest BCUT2D eigenvalue weighted by Crippen LogP contribution is 2.43. The van der Waals surface area contributed by atoms with Gasteiger partial charge < -0.3 is 47.1 Å². The molecule has 0 bridgehead atoms. The van der Waals surface area contributed by atoms with Gasteiger partial charge in [0.15, 0.2) is 0 Å². The summed E-state index contributed by atoms with van der Waals surface area (Å²) in [4.78, 5) is 79.2. The molecule has 0 saturated heterocycles. The van der Waals surface area contributed by atoms with Crippen LogP contribution in [-0.4, -0.2) is 66.7 Å². The number of nitrogens with one attached hydrogen (secondary N) is 4. The van der Waals surface area contributed by atoms with Crippen LogP contribution >= 0.6 is 0 Å². The Morgan fingerprint density at radius 2 is 1.57 bits per heavy atom. The lowest BCUT2D eigenvalue weighted by atomic mass is 9.90. The van der Waals surface area contributed by atoms with E-state index in [2.05, 4.69) is 21.3 Å². The maximum absolute atomic E-state index is 14.1. The fraction of sp³-hybridized carbons (Fsp3) is 0.400. The van der Waals surface area contributed by atoms with E-state index in [0.29, 0.717) is 41.9 Å². The third-order valence-corrected chi connectivity index (χ3v) is 8.81. The maximum atomic E-state index is 14.1. The zero-order chi connectivity index (χ0) is 41.0. The molecule has 0 aromatic heterocycles. The van der Waals surface area contributed by atoms with Gasteiger partial charge in [-0.25, -0.2) is 14.4 Å². The van der Waals surface area contributed by atoms with E-state index in [4.69, 9.17) is 20.9 Å². The molecule has 4 rings (SSSR count). The largest absolute Gasteiger partial charge is 0.444 e. The number of hydrogen-bond donors (Lipinski definition) is 6. The summed E-state index contributed by atoms with van der Waals surface area (Å²) in [5.74, 6) is -0.883. The zero-order valence-corrected chi connectivity index (χ0v) is 32.4. The van der Waals surface area contributed by atoms with E-state index in [-0.39, 0.29) is 44.0 Å². The van der Waals surface area contributed by atoms with E-state index in [9.17, 15) is 28.8 Å². The van der Waals surface area contributed by atoms with E-state index in [1.54, 1.807) is 79.1 Å². The number of anilines is 4. The number of primary amides is 1. The maximum Gasteiger partial charge on any atom is 0.415 e. The zero-order valence-electron chi connectivity index (χ0n) is 32.4. The highest BCUT2D eigenvalue weighted by molar-refractivity contribution is 5.98. The average molecular weight is 773 g/mol. The number of carbonyl (C=O) groups excluding carboxylic acids is 6. The van der Waals surface area contributed by atoms with Crippen molar-refractivity contribution in [3.8, 4) is 0 Å². The fourth-order valence-corrected chi connectivity index (χ4v) is 6.27. The van der Waals surface area contributed by atoms with Gasteiger partial charge in [-0.1, -0.05) is 37.3 Å². The van der Waals surface area contributed by atoms with Crippen LogP contribution in [0, 0.1) is 0 Å². The number of fused-ring (bicyclic) bond motifs is 1. The highest BCUT2D eigenvalue weighted by Gasteiger charge is 2.39. The molecule has 0 unspecified atom stereocenters. The van der Waals surface area contributed by atoms with Crippen LogP contribution in [0.2, 0.25) is 0 Å². The number of hydrogen-bond acceptors (Lipinski definition) is 9. The summed E-state index contributed by atoms with van der Waals surface area (Å²) in [6.07, 6.45) is -0.0910. The van der Waals surface area contributed by atoms with Crippen molar-refractivity contribution in [3.63, 3.8) is 0 Å². The second kappa shape index (κ2) is 19.4. The predicted octanol–water partition coefficient (Wildman–Crippen LogP) is 5.28. The third kappa shape index (κ3) is 11.9. The standard InChI is InChI=1S/C40H52N8O8/c1-6-35(50)47-25(2)22-33(30-10-7-8-12-32(30)47)48(29-19-17-27(18-20-29)44-34(49)23-41)39(54)55-24-26-13-15-28(16-14-26)45-36(51)31(11-9-21-43-37(42)52)46-38(53)56-40(3,4)5/h7-8,10,12-20,25,31,33H,6,9,11,21-24,41H2,1-5H3,(H,44,49)(H,45,51)(H,46,53)(H3,42,43,52)/t25-,31-,33+/m0/s1. The summed E-state index contributed by atoms with van der Waals surface area (Å²) in [7, 11) is 0. The number of carbonyl (C=O) groups is 6. The van der Waals surface area contributed by atoms with Crippen LogP contribution in [0.3, 0.4) is 0 Å². The van der Waals surface area contributed by atoms with Crippen LogP contribution < -0.4 is 42.5 Å². The molecule has 300 valence electrons. The summed E-state index contributed by atoms with van der Waals surface area (Å²) in [5, 5.41) is 10.5. The Morgan fingerprint density at radius 3 is 2.20 bits per heavy atom. The molecule has 0 radical (unpaired) electrons. The molecule has 56 heavy (non-hydrogen) atoms. The lowest BCUT2D eigenvalue weighted by Gasteiger charge is -2.43. The minimum absolute atomic E-state index is 0.0236. The molecular weight excluding hydrogens is 720 g/mol. The van der Waals surface area contributed by atoms with E-state index in [0.717, 1.165) is 11.3 Å². The van der Waals surface area contributed by atoms with Gasteiger partial charge in [-0.15, -0.1) is 0 Å². The molecule has 1 heterocycles. The van der Waals surface area contributed by atoms with Crippen molar-refractivity contribution in [1.29, 1.82) is 0 Å². The van der Waals surface area contributed by atoms with Gasteiger partial charge in [-0.2, -0.15) is 0 Å². The Kier molecular flexibility index (Phi) is 14.8. The van der Waals surface area contributed by atoms with Gasteiger partial charge >= 0.3 is 18.2 Å². The summed E-state index contributed by atoms with van der Waals surface area (Å²) in [5.41, 5.74) is 13.4. The lowest BCUT2D eigenvalue weighted by Crippen LogP contribution is -2.47. The normalized spacial score (nSPS) is 15.4. The van der Waals surface area contributed by atoms with Crippen LogP contribution in [0.15, 0.2) is 72.8 Å². The van der Waals surface area contributed by atoms with Crippen molar-refractivity contribution in [2.75, 3.05) is 33.5 Å². The lowest BCUT2D eigenvalue weighted by molar-refractivity contribution is -0.119. The van der Waals surface area contributed by atoms with Crippen LogP contribution in [0.5, 0.6) is 0 Å². The van der Waals surface area contributed by atoms with Gasteiger partial charge in [0, 0.05) is 41.8 Å². The number of benzene rings is 3. The van der Waals surface area contributed by atoms with Gasteiger partial charge in [-0.3, -0.25) is 19.3 Å². The minimum atomic E-state index is -0.975. The molecular formula is C40H52N8O8. The van der Waals surface area contributed by atoms with E-state index < -0.39 is 41.8 Å². The first-order chi connectivity index (χ1) is 26.6. The Labute approximate surface area is 326 Å². The molecule has 3 aromatic carbocycles. The number of para-hydroxylation sites is 1. The summed E-state index contributed by atoms with van der Waals surface area (Å²) >= 11 is 0. The molecule has 8 N–H and O–H groups in total. The molecule has 16 nitrogen and oxygen atoms in total. The summed E-state index contributed by atoms with van der Waals surface area (Å²) in [6, 6.07) is 18.5. The Bertz CT molecular complexity index is 1860. The summed E-state index contributed by atoms with van der Waals surface area (Å²) in [6.45, 7) is 8.81. The fourth-order valence-electron chi connectivity index (χ4n) is 6.27. The molecule has 0 fully saturated rings. The monoisotopic (exact) mass is 772 g/mol. The predicted molar refractivity (Wildman–Crippen MR) is 213 cm³/mol. The smallest absolute Gasteiger partial charge is 0.415 e. The van der Waals surface area contributed by atoms with Crippen molar-refractivity contribution in [1.82, 2.24) is 10.6 Å². The molecule has 7 amide bonds. The molecule has 1 aliphatic rings. The quantitative estimate of drug-likeness (QED) is 0.117. The second-order valence-corrected chi connectivity index (χ2v) is 14.3. The van der Waals surface area contributed by atoms with Gasteiger partial charge in [-0.05, 0) is 101 Å². The van der Waals surface area contributed by atoms with E-state index >= 15 is 0 Å². The van der Waals surface area contributed by atoms with Crippen molar-refractivity contribution in [2.24, 2.45) is 11.5 Å². The van der Waals surface area contributed by atoms with Gasteiger partial charge in [0.25, 0.3) is 0 Å². The second-order valence-electron chi connectivity index (χ2n) is 14.3. The Morgan fingerprint density at radius 1 is 0.929 bits per heavy atom. The van der Waals surface area contributed by atoms with Gasteiger partial charge in [0.2, 0.25) is 17.7 Å².